The molecule has 0 aliphatic heterocycles. The van der Waals surface area contributed by atoms with Crippen LogP contribution in [-0.2, 0) is 4.79 Å². The molecule has 0 rings (SSSR count). The Morgan fingerprint density at radius 3 is 2.40 bits per heavy atom. The maximum Gasteiger partial charge on any atom is 0.145 e. The van der Waals surface area contributed by atoms with E-state index in [0.29, 0.717) is 5.92 Å². The fourth-order valence-corrected chi connectivity index (χ4v) is 0.663. The summed E-state index contributed by atoms with van der Waals surface area (Å²) in [4.78, 5) is 10.3. The van der Waals surface area contributed by atoms with E-state index < -0.39 is 0 Å². The summed E-state index contributed by atoms with van der Waals surface area (Å²) in [6, 6.07) is 0. The summed E-state index contributed by atoms with van der Waals surface area (Å²) >= 11 is 0. The van der Waals surface area contributed by atoms with Crippen LogP contribution in [0.5, 0.6) is 0 Å². The maximum atomic E-state index is 10.3. The lowest BCUT2D eigenvalue weighted by Crippen LogP contribution is -1.86. The van der Waals surface area contributed by atoms with Gasteiger partial charge >= 0.3 is 0 Å². The number of hydrogen-bond donors (Lipinski definition) is 0. The second-order valence-corrected chi connectivity index (χ2v) is 2.88. The van der Waals surface area contributed by atoms with Gasteiger partial charge in [0.1, 0.15) is 6.29 Å². The molecule has 1 nitrogen and oxygen atoms in total. The van der Waals surface area contributed by atoms with Crippen molar-refractivity contribution in [2.24, 2.45) is 5.92 Å². The van der Waals surface area contributed by atoms with Crippen LogP contribution in [0, 0.1) is 5.92 Å². The third kappa shape index (κ3) is 4.30. The summed E-state index contributed by atoms with van der Waals surface area (Å²) in [6.07, 6.45) is 4.85. The summed E-state index contributed by atoms with van der Waals surface area (Å²) in [5.41, 5.74) is 0.925. The van der Waals surface area contributed by atoms with Crippen LogP contribution in [0.4, 0.5) is 0 Å². The molecule has 0 aliphatic carbocycles. The lowest BCUT2D eigenvalue weighted by Gasteiger charge is -1.98. The Hall–Kier alpha value is -0.590. The Morgan fingerprint density at radius 1 is 1.50 bits per heavy atom. The first-order valence-corrected chi connectivity index (χ1v) is 3.84. The minimum absolute atomic E-state index is 0.654. The van der Waals surface area contributed by atoms with Crippen molar-refractivity contribution in [2.75, 3.05) is 0 Å². The molecule has 0 aromatic carbocycles. The monoisotopic (exact) mass is 140 g/mol. The van der Waals surface area contributed by atoms with Crippen LogP contribution in [0.2, 0.25) is 0 Å². The first-order valence-electron chi connectivity index (χ1n) is 3.84. The van der Waals surface area contributed by atoms with Crippen molar-refractivity contribution in [3.05, 3.63) is 11.6 Å². The minimum atomic E-state index is 0.654. The Morgan fingerprint density at radius 2 is 2.10 bits per heavy atom. The van der Waals surface area contributed by atoms with Crippen molar-refractivity contribution >= 4 is 6.29 Å². The molecule has 0 aromatic rings. The van der Waals surface area contributed by atoms with E-state index in [0.717, 1.165) is 24.7 Å². The van der Waals surface area contributed by atoms with Crippen molar-refractivity contribution < 1.29 is 4.79 Å². The molecule has 1 heteroatoms. The van der Waals surface area contributed by atoms with Crippen LogP contribution >= 0.6 is 0 Å². The van der Waals surface area contributed by atoms with Gasteiger partial charge in [0.2, 0.25) is 0 Å². The molecule has 0 radical (unpaired) electrons. The van der Waals surface area contributed by atoms with Crippen molar-refractivity contribution in [2.45, 2.75) is 33.6 Å². The molecule has 0 bridgehead atoms. The van der Waals surface area contributed by atoms with E-state index >= 15 is 0 Å². The van der Waals surface area contributed by atoms with E-state index in [1.165, 1.54) is 0 Å². The number of hydrogen-bond acceptors (Lipinski definition) is 1. The van der Waals surface area contributed by atoms with Crippen LogP contribution in [0.3, 0.4) is 0 Å². The van der Waals surface area contributed by atoms with Crippen LogP contribution < -0.4 is 0 Å². The zero-order valence-electron chi connectivity index (χ0n) is 7.05. The summed E-state index contributed by atoms with van der Waals surface area (Å²) in [5.74, 6) is 0.654. The Bertz CT molecular complexity index is 123. The molecular formula is C9H16O. The molecule has 0 unspecified atom stereocenters. The van der Waals surface area contributed by atoms with Gasteiger partial charge in [-0.2, -0.15) is 0 Å². The normalized spacial score (nSPS) is 12.2. The molecular weight excluding hydrogens is 124 g/mol. The summed E-state index contributed by atoms with van der Waals surface area (Å²) < 4.78 is 0. The molecule has 0 heterocycles. The second kappa shape index (κ2) is 5.21. The molecule has 0 saturated heterocycles. The van der Waals surface area contributed by atoms with Crippen molar-refractivity contribution in [3.8, 4) is 0 Å². The van der Waals surface area contributed by atoms with Crippen LogP contribution in [-0.4, -0.2) is 6.29 Å². The van der Waals surface area contributed by atoms with Gasteiger partial charge < -0.3 is 0 Å². The van der Waals surface area contributed by atoms with Crippen LogP contribution in [0.25, 0.3) is 0 Å². The maximum absolute atomic E-state index is 10.3. The van der Waals surface area contributed by atoms with E-state index in [9.17, 15) is 4.79 Å². The van der Waals surface area contributed by atoms with Gasteiger partial charge in [-0.1, -0.05) is 26.8 Å². The zero-order chi connectivity index (χ0) is 7.98. The van der Waals surface area contributed by atoms with Gasteiger partial charge in [0.25, 0.3) is 0 Å². The van der Waals surface area contributed by atoms with Gasteiger partial charge in [-0.05, 0) is 24.3 Å². The van der Waals surface area contributed by atoms with Gasteiger partial charge in [0.05, 0.1) is 0 Å². The molecule has 0 atom stereocenters. The Kier molecular flexibility index (Phi) is 4.91. The van der Waals surface area contributed by atoms with Crippen molar-refractivity contribution in [3.63, 3.8) is 0 Å². The highest BCUT2D eigenvalue weighted by Gasteiger charge is 1.92. The Balaban J connectivity index is 3.74. The smallest absolute Gasteiger partial charge is 0.145 e. The molecule has 0 saturated carbocycles. The van der Waals surface area contributed by atoms with Crippen LogP contribution in [0.1, 0.15) is 33.6 Å². The SMILES string of the molecule is CC/C(C=O)=C\CC(C)C. The Labute approximate surface area is 63.1 Å². The van der Waals surface area contributed by atoms with E-state index in [1.807, 2.05) is 13.0 Å². The van der Waals surface area contributed by atoms with E-state index in [4.69, 9.17) is 0 Å². The molecule has 0 N–H and O–H groups in total. The molecule has 58 valence electrons. The predicted molar refractivity (Wildman–Crippen MR) is 43.9 cm³/mol. The van der Waals surface area contributed by atoms with Gasteiger partial charge in [0, 0.05) is 0 Å². The highest BCUT2D eigenvalue weighted by atomic mass is 16.1. The first kappa shape index (κ1) is 9.41. The van der Waals surface area contributed by atoms with E-state index in [-0.39, 0.29) is 0 Å². The van der Waals surface area contributed by atoms with Gasteiger partial charge in [-0.3, -0.25) is 4.79 Å². The number of carbonyl (C=O) groups is 1. The third-order valence-corrected chi connectivity index (χ3v) is 1.41. The van der Waals surface area contributed by atoms with Gasteiger partial charge in [-0.15, -0.1) is 0 Å². The van der Waals surface area contributed by atoms with E-state index in [1.54, 1.807) is 0 Å². The topological polar surface area (TPSA) is 17.1 Å². The average Bonchev–Trinajstić information content (AvgIpc) is 1.90. The summed E-state index contributed by atoms with van der Waals surface area (Å²) in [5, 5.41) is 0. The fourth-order valence-electron chi connectivity index (χ4n) is 0.663. The molecule has 0 aromatic heterocycles. The molecule has 0 spiro atoms. The molecule has 0 aliphatic rings. The molecule has 0 amide bonds. The summed E-state index contributed by atoms with van der Waals surface area (Å²) in [7, 11) is 0. The number of allylic oxidation sites excluding steroid dienone is 2. The van der Waals surface area contributed by atoms with Gasteiger partial charge in [0.15, 0.2) is 0 Å². The number of aldehydes is 1. The highest BCUT2D eigenvalue weighted by molar-refractivity contribution is 5.72. The van der Waals surface area contributed by atoms with Crippen LogP contribution in [0.15, 0.2) is 11.6 Å². The quantitative estimate of drug-likeness (QED) is 0.433. The third-order valence-electron chi connectivity index (χ3n) is 1.41. The predicted octanol–water partition coefficient (Wildman–Crippen LogP) is 2.57. The number of carbonyl (C=O) groups excluding carboxylic acids is 1. The standard InChI is InChI=1S/C9H16O/c1-4-9(7-10)6-5-8(2)3/h6-8H,4-5H2,1-3H3/b9-6+. The largest absolute Gasteiger partial charge is 0.298 e. The van der Waals surface area contributed by atoms with E-state index in [2.05, 4.69) is 13.8 Å². The lowest BCUT2D eigenvalue weighted by atomic mass is 10.1. The second-order valence-electron chi connectivity index (χ2n) is 2.88. The number of rotatable bonds is 4. The zero-order valence-corrected chi connectivity index (χ0v) is 7.05. The summed E-state index contributed by atoms with van der Waals surface area (Å²) in [6.45, 7) is 6.30. The van der Waals surface area contributed by atoms with Crippen molar-refractivity contribution in [1.29, 1.82) is 0 Å². The minimum Gasteiger partial charge on any atom is -0.298 e. The molecule has 0 fully saturated rings. The van der Waals surface area contributed by atoms with Crippen molar-refractivity contribution in [1.82, 2.24) is 0 Å². The molecule has 10 heavy (non-hydrogen) atoms. The lowest BCUT2D eigenvalue weighted by molar-refractivity contribution is -0.105. The fraction of sp³-hybridized carbons (Fsp3) is 0.667. The highest BCUT2D eigenvalue weighted by Crippen LogP contribution is 2.04. The average molecular weight is 140 g/mol. The first-order chi connectivity index (χ1) is 4.70. The van der Waals surface area contributed by atoms with Gasteiger partial charge in [-0.25, -0.2) is 0 Å².